The van der Waals surface area contributed by atoms with Crippen molar-refractivity contribution in [2.75, 3.05) is 7.11 Å². The smallest absolute Gasteiger partial charge is 0.337 e. The summed E-state index contributed by atoms with van der Waals surface area (Å²) in [5.41, 5.74) is 7.97. The molecule has 158 valence electrons. The van der Waals surface area contributed by atoms with Crippen molar-refractivity contribution in [2.24, 2.45) is 0 Å². The third-order valence-corrected chi connectivity index (χ3v) is 7.11. The van der Waals surface area contributed by atoms with Crippen LogP contribution < -0.4 is 0 Å². The van der Waals surface area contributed by atoms with E-state index in [1.807, 2.05) is 12.1 Å². The van der Waals surface area contributed by atoms with E-state index in [0.29, 0.717) is 5.56 Å². The molecule has 2 aromatic carbocycles. The number of ether oxygens (including phenoxy) is 1. The Morgan fingerprint density at radius 1 is 1.00 bits per heavy atom. The van der Waals surface area contributed by atoms with Gasteiger partial charge in [-0.05, 0) is 82.0 Å². The predicted molar refractivity (Wildman–Crippen MR) is 121 cm³/mol. The molecule has 0 bridgehead atoms. The highest BCUT2D eigenvalue weighted by atomic mass is 16.5. The first-order valence-electron chi connectivity index (χ1n) is 10.9. The van der Waals surface area contributed by atoms with Gasteiger partial charge in [-0.15, -0.1) is 0 Å². The number of benzene rings is 2. The van der Waals surface area contributed by atoms with Gasteiger partial charge in [0.1, 0.15) is 6.10 Å². The summed E-state index contributed by atoms with van der Waals surface area (Å²) in [6.45, 7) is 9.37. The van der Waals surface area contributed by atoms with Gasteiger partial charge in [0.05, 0.1) is 12.7 Å². The lowest BCUT2D eigenvalue weighted by Gasteiger charge is -2.43. The summed E-state index contributed by atoms with van der Waals surface area (Å²) in [6, 6.07) is 11.8. The van der Waals surface area contributed by atoms with E-state index in [9.17, 15) is 9.90 Å². The molecule has 4 rings (SSSR count). The largest absolute Gasteiger partial charge is 0.465 e. The number of allylic oxidation sites excluding steroid dienone is 1. The lowest BCUT2D eigenvalue weighted by molar-refractivity contribution is 0.0600. The van der Waals surface area contributed by atoms with Gasteiger partial charge in [0.15, 0.2) is 0 Å². The molecule has 3 nitrogen and oxygen atoms in total. The Hall–Kier alpha value is -2.39. The van der Waals surface area contributed by atoms with E-state index >= 15 is 0 Å². The topological polar surface area (TPSA) is 46.5 Å². The van der Waals surface area contributed by atoms with E-state index in [1.165, 1.54) is 42.2 Å². The van der Waals surface area contributed by atoms with E-state index in [4.69, 9.17) is 4.74 Å². The molecule has 2 aliphatic rings. The first kappa shape index (κ1) is 20.9. The fraction of sp³-hybridized carbons (Fsp3) is 0.444. The quantitative estimate of drug-likeness (QED) is 0.649. The normalized spacial score (nSPS) is 19.9. The second-order valence-corrected chi connectivity index (χ2v) is 10.0. The van der Waals surface area contributed by atoms with Crippen molar-refractivity contribution in [3.63, 3.8) is 0 Å². The summed E-state index contributed by atoms with van der Waals surface area (Å²) < 4.78 is 4.78. The number of fused-ring (bicyclic) bond motifs is 2. The third-order valence-electron chi connectivity index (χ3n) is 7.11. The number of methoxy groups -OCH3 is 1. The average Bonchev–Trinajstić information content (AvgIpc) is 2.75. The molecule has 1 N–H and O–H groups in total. The highest BCUT2D eigenvalue weighted by molar-refractivity contribution is 5.89. The van der Waals surface area contributed by atoms with Gasteiger partial charge in [0.25, 0.3) is 0 Å². The maximum Gasteiger partial charge on any atom is 0.337 e. The molecule has 1 unspecified atom stereocenters. The van der Waals surface area contributed by atoms with Crippen LogP contribution in [-0.4, -0.2) is 18.2 Å². The third kappa shape index (κ3) is 3.50. The highest BCUT2D eigenvalue weighted by Gasteiger charge is 2.38. The molecule has 0 fully saturated rings. The van der Waals surface area contributed by atoms with Crippen LogP contribution >= 0.6 is 0 Å². The zero-order chi connectivity index (χ0) is 21.7. The minimum Gasteiger partial charge on any atom is -0.465 e. The summed E-state index contributed by atoms with van der Waals surface area (Å²) >= 11 is 0. The maximum absolute atomic E-state index is 11.7. The van der Waals surface area contributed by atoms with Crippen molar-refractivity contribution in [3.8, 4) is 0 Å². The zero-order valence-corrected chi connectivity index (χ0v) is 18.7. The first-order chi connectivity index (χ1) is 14.1. The van der Waals surface area contributed by atoms with Crippen molar-refractivity contribution in [2.45, 2.75) is 70.3 Å². The van der Waals surface area contributed by atoms with Crippen LogP contribution in [0, 0.1) is 0 Å². The summed E-state index contributed by atoms with van der Waals surface area (Å²) in [7, 11) is 1.37. The number of aryl methyl sites for hydroxylation is 1. The molecule has 0 aromatic heterocycles. The van der Waals surface area contributed by atoms with Crippen molar-refractivity contribution in [1.29, 1.82) is 0 Å². The molecule has 0 radical (unpaired) electrons. The van der Waals surface area contributed by atoms with Crippen molar-refractivity contribution in [1.82, 2.24) is 0 Å². The first-order valence-corrected chi connectivity index (χ1v) is 10.9. The standard InChI is InChI=1S/C27H32O3/c1-26(2)13-14-27(3,4)23-16-21-19(15-22(23)26)7-6-8-20(21)24(28)17-9-11-18(12-10-17)25(29)30-5/h8-12,15-16,24,28H,6-7,13-14H2,1-5H3. The predicted octanol–water partition coefficient (Wildman–Crippen LogP) is 5.89. The second-order valence-electron chi connectivity index (χ2n) is 10.0. The Morgan fingerprint density at radius 3 is 2.20 bits per heavy atom. The van der Waals surface area contributed by atoms with Gasteiger partial charge in [-0.1, -0.05) is 58.0 Å². The molecule has 0 heterocycles. The number of hydrogen-bond acceptors (Lipinski definition) is 3. The molecule has 0 saturated heterocycles. The van der Waals surface area contributed by atoms with Crippen molar-refractivity contribution in [3.05, 3.63) is 75.9 Å². The minimum absolute atomic E-state index is 0.134. The zero-order valence-electron chi connectivity index (χ0n) is 18.7. The summed E-state index contributed by atoms with van der Waals surface area (Å²) in [5.74, 6) is -0.366. The molecule has 3 heteroatoms. The molecule has 30 heavy (non-hydrogen) atoms. The maximum atomic E-state index is 11.7. The van der Waals surface area contributed by atoms with Crippen LogP contribution in [0.2, 0.25) is 0 Å². The van der Waals surface area contributed by atoms with Crippen LogP contribution in [0.1, 0.15) is 91.2 Å². The average molecular weight is 405 g/mol. The second kappa shape index (κ2) is 7.39. The number of hydrogen-bond donors (Lipinski definition) is 1. The van der Waals surface area contributed by atoms with Gasteiger partial charge >= 0.3 is 5.97 Å². The number of esters is 1. The molecular formula is C27H32O3. The van der Waals surface area contributed by atoms with Gasteiger partial charge in [0, 0.05) is 0 Å². The van der Waals surface area contributed by atoms with Gasteiger partial charge in [-0.3, -0.25) is 0 Å². The number of rotatable bonds is 3. The molecule has 1 atom stereocenters. The Bertz CT molecular complexity index is 1010. The van der Waals surface area contributed by atoms with Crippen LogP contribution in [0.15, 0.2) is 42.5 Å². The molecule has 0 amide bonds. The monoisotopic (exact) mass is 404 g/mol. The van der Waals surface area contributed by atoms with Crippen molar-refractivity contribution < 1.29 is 14.6 Å². The lowest BCUT2D eigenvalue weighted by Crippen LogP contribution is -2.34. The Labute approximate surface area is 179 Å². The van der Waals surface area contributed by atoms with Crippen LogP contribution in [0.4, 0.5) is 0 Å². The van der Waals surface area contributed by atoms with E-state index in [2.05, 4.69) is 45.9 Å². The molecule has 0 spiro atoms. The van der Waals surface area contributed by atoms with Crippen LogP contribution in [0.3, 0.4) is 0 Å². The van der Waals surface area contributed by atoms with Gasteiger partial charge in [-0.2, -0.15) is 0 Å². The van der Waals surface area contributed by atoms with E-state index in [0.717, 1.165) is 24.0 Å². The fourth-order valence-electron chi connectivity index (χ4n) is 4.99. The summed E-state index contributed by atoms with van der Waals surface area (Å²) in [5, 5.41) is 11.2. The lowest BCUT2D eigenvalue weighted by atomic mass is 9.62. The van der Waals surface area contributed by atoms with Gasteiger partial charge < -0.3 is 9.84 Å². The Morgan fingerprint density at radius 2 is 1.60 bits per heavy atom. The van der Waals surface area contributed by atoms with E-state index in [-0.39, 0.29) is 16.8 Å². The van der Waals surface area contributed by atoms with Gasteiger partial charge in [-0.25, -0.2) is 4.79 Å². The van der Waals surface area contributed by atoms with Gasteiger partial charge in [0.2, 0.25) is 0 Å². The molecule has 0 saturated carbocycles. The van der Waals surface area contributed by atoms with Crippen LogP contribution in [0.25, 0.3) is 5.57 Å². The number of carbonyl (C=O) groups excluding carboxylic acids is 1. The molecular weight excluding hydrogens is 372 g/mol. The number of aliphatic hydroxyl groups is 1. The number of carbonyl (C=O) groups is 1. The minimum atomic E-state index is -0.714. The van der Waals surface area contributed by atoms with Crippen LogP contribution in [-0.2, 0) is 22.0 Å². The van der Waals surface area contributed by atoms with E-state index < -0.39 is 6.10 Å². The Kier molecular flexibility index (Phi) is 5.14. The van der Waals surface area contributed by atoms with E-state index in [1.54, 1.807) is 12.1 Å². The SMILES string of the molecule is COC(=O)c1ccc(C(O)C2=CCCc3cc4c(cc32)C(C)(C)CCC4(C)C)cc1. The fourth-order valence-corrected chi connectivity index (χ4v) is 4.99. The molecule has 0 aliphatic heterocycles. The molecule has 2 aromatic rings. The van der Waals surface area contributed by atoms with Crippen LogP contribution in [0.5, 0.6) is 0 Å². The van der Waals surface area contributed by atoms with Crippen molar-refractivity contribution >= 4 is 11.5 Å². The highest BCUT2D eigenvalue weighted by Crippen LogP contribution is 2.48. The number of aliphatic hydroxyl groups excluding tert-OH is 1. The summed E-state index contributed by atoms with van der Waals surface area (Å²) in [4.78, 5) is 11.7. The Balaban J connectivity index is 1.75. The molecule has 2 aliphatic carbocycles. The summed E-state index contributed by atoms with van der Waals surface area (Å²) in [6.07, 6.45) is 5.77.